The predicted molar refractivity (Wildman–Crippen MR) is 71.1 cm³/mol. The Morgan fingerprint density at radius 1 is 1.28 bits per heavy atom. The molecule has 0 spiro atoms. The van der Waals surface area contributed by atoms with Gasteiger partial charge in [-0.3, -0.25) is 9.59 Å². The molecule has 1 aliphatic carbocycles. The van der Waals surface area contributed by atoms with Gasteiger partial charge < -0.3 is 5.32 Å². The first-order valence-corrected chi connectivity index (χ1v) is 6.59. The lowest BCUT2D eigenvalue weighted by atomic mass is 10.1. The minimum atomic E-state index is -0.323. The van der Waals surface area contributed by atoms with Gasteiger partial charge in [0.1, 0.15) is 5.37 Å². The molecule has 1 fully saturated rings. The molecule has 0 aromatic heterocycles. The van der Waals surface area contributed by atoms with Gasteiger partial charge in [-0.2, -0.15) is 0 Å². The van der Waals surface area contributed by atoms with Gasteiger partial charge in [0, 0.05) is 22.6 Å². The molecule has 1 unspecified atom stereocenters. The number of hydrogen-bond donors (Lipinski definition) is 1. The van der Waals surface area contributed by atoms with Crippen LogP contribution >= 0.6 is 11.8 Å². The van der Waals surface area contributed by atoms with E-state index in [0.717, 1.165) is 10.6 Å². The number of carbonyl (C=O) groups excluding carboxylic acids is 2. The first kappa shape index (κ1) is 11.3. The van der Waals surface area contributed by atoms with Crippen LogP contribution in [0, 0.1) is 0 Å². The molecular weight excluding hydrogens is 246 g/mol. The third-order valence-corrected chi connectivity index (χ3v) is 4.05. The molecule has 1 aromatic rings. The first-order valence-electron chi connectivity index (χ1n) is 5.71. The van der Waals surface area contributed by atoms with Crippen molar-refractivity contribution < 1.29 is 9.59 Å². The lowest BCUT2D eigenvalue weighted by Crippen LogP contribution is -2.28. The van der Waals surface area contributed by atoms with E-state index in [1.165, 1.54) is 11.8 Å². The van der Waals surface area contributed by atoms with E-state index in [-0.39, 0.29) is 16.9 Å². The molecule has 1 aromatic carbocycles. The third kappa shape index (κ3) is 1.99. The summed E-state index contributed by atoms with van der Waals surface area (Å²) in [6.07, 6.45) is 3.88. The van der Waals surface area contributed by atoms with Crippen molar-refractivity contribution in [1.82, 2.24) is 5.32 Å². The Kier molecular flexibility index (Phi) is 2.80. The normalized spacial score (nSPS) is 21.8. The standard InChI is InChI=1S/C14H11NO2S/c16-10-6-7-11-12(8-10)18-14(15-11)13(17)9-4-2-1-3-5-9/h1-5,7-8,14-15H,6H2. The summed E-state index contributed by atoms with van der Waals surface area (Å²) in [4.78, 5) is 24.4. The molecule has 1 aliphatic heterocycles. The van der Waals surface area contributed by atoms with Crippen LogP contribution in [0.5, 0.6) is 0 Å². The van der Waals surface area contributed by atoms with Crippen molar-refractivity contribution in [2.24, 2.45) is 0 Å². The highest BCUT2D eigenvalue weighted by Crippen LogP contribution is 2.37. The zero-order valence-electron chi connectivity index (χ0n) is 9.55. The first-order chi connectivity index (χ1) is 8.74. The van der Waals surface area contributed by atoms with Gasteiger partial charge in [0.05, 0.1) is 0 Å². The Morgan fingerprint density at radius 3 is 2.83 bits per heavy atom. The van der Waals surface area contributed by atoms with Crippen LogP contribution in [-0.2, 0) is 4.79 Å². The van der Waals surface area contributed by atoms with Gasteiger partial charge in [0.2, 0.25) is 0 Å². The number of ketones is 2. The fourth-order valence-electron chi connectivity index (χ4n) is 1.98. The Balaban J connectivity index is 1.83. The van der Waals surface area contributed by atoms with Gasteiger partial charge in [-0.05, 0) is 6.08 Å². The van der Waals surface area contributed by atoms with Crippen molar-refractivity contribution in [1.29, 1.82) is 0 Å². The summed E-state index contributed by atoms with van der Waals surface area (Å²) in [6.45, 7) is 0. The molecular formula is C14H11NO2S. The van der Waals surface area contributed by atoms with Crippen LogP contribution in [0.3, 0.4) is 0 Å². The molecule has 1 N–H and O–H groups in total. The second-order valence-corrected chi connectivity index (χ2v) is 5.32. The number of rotatable bonds is 2. The number of nitrogens with one attached hydrogen (secondary N) is 1. The third-order valence-electron chi connectivity index (χ3n) is 2.89. The van der Waals surface area contributed by atoms with E-state index in [2.05, 4.69) is 5.32 Å². The Labute approximate surface area is 109 Å². The van der Waals surface area contributed by atoms with E-state index >= 15 is 0 Å². The minimum absolute atomic E-state index is 0.0456. The fourth-order valence-corrected chi connectivity index (χ4v) is 3.14. The van der Waals surface area contributed by atoms with Crippen LogP contribution in [0.1, 0.15) is 16.8 Å². The maximum Gasteiger partial charge on any atom is 0.195 e. The average molecular weight is 257 g/mol. The summed E-state index contributed by atoms with van der Waals surface area (Å²) in [6, 6.07) is 9.19. The summed E-state index contributed by atoms with van der Waals surface area (Å²) < 4.78 is 0. The smallest absolute Gasteiger partial charge is 0.195 e. The van der Waals surface area contributed by atoms with E-state index in [1.807, 2.05) is 24.3 Å². The summed E-state index contributed by atoms with van der Waals surface area (Å²) in [5, 5.41) is 2.84. The van der Waals surface area contributed by atoms with Gasteiger partial charge in [-0.1, -0.05) is 48.2 Å². The second kappa shape index (κ2) is 4.46. The van der Waals surface area contributed by atoms with Crippen LogP contribution in [0.4, 0.5) is 0 Å². The highest BCUT2D eigenvalue weighted by Gasteiger charge is 2.32. The van der Waals surface area contributed by atoms with E-state index in [0.29, 0.717) is 12.0 Å². The van der Waals surface area contributed by atoms with Gasteiger partial charge in [-0.15, -0.1) is 0 Å². The molecule has 3 nitrogen and oxygen atoms in total. The Bertz CT molecular complexity index is 575. The van der Waals surface area contributed by atoms with Gasteiger partial charge >= 0.3 is 0 Å². The van der Waals surface area contributed by atoms with Crippen molar-refractivity contribution in [2.75, 3.05) is 0 Å². The minimum Gasteiger partial charge on any atom is -0.366 e. The van der Waals surface area contributed by atoms with Crippen molar-refractivity contribution in [3.05, 3.63) is 58.6 Å². The van der Waals surface area contributed by atoms with E-state index in [1.54, 1.807) is 18.2 Å². The highest BCUT2D eigenvalue weighted by molar-refractivity contribution is 8.05. The summed E-state index contributed by atoms with van der Waals surface area (Å²) in [7, 11) is 0. The Hall–Kier alpha value is -1.81. The molecule has 3 rings (SSSR count). The van der Waals surface area contributed by atoms with Crippen LogP contribution < -0.4 is 5.32 Å². The van der Waals surface area contributed by atoms with E-state index in [4.69, 9.17) is 0 Å². The van der Waals surface area contributed by atoms with Crippen molar-refractivity contribution in [2.45, 2.75) is 11.8 Å². The fraction of sp³-hybridized carbons (Fsp3) is 0.143. The predicted octanol–water partition coefficient (Wildman–Crippen LogP) is 2.27. The summed E-state index contributed by atoms with van der Waals surface area (Å²) in [5.41, 5.74) is 1.60. The summed E-state index contributed by atoms with van der Waals surface area (Å²) >= 11 is 1.41. The zero-order valence-corrected chi connectivity index (χ0v) is 10.4. The SMILES string of the molecule is O=C1C=C2SC(C(=O)c3ccccc3)NC2=CC1. The quantitative estimate of drug-likeness (QED) is 0.826. The van der Waals surface area contributed by atoms with E-state index in [9.17, 15) is 9.59 Å². The number of carbonyl (C=O) groups is 2. The lowest BCUT2D eigenvalue weighted by Gasteiger charge is -2.08. The molecule has 0 amide bonds. The van der Waals surface area contributed by atoms with Crippen molar-refractivity contribution in [3.8, 4) is 0 Å². The number of hydrogen-bond acceptors (Lipinski definition) is 4. The molecule has 1 saturated heterocycles. The molecule has 1 atom stereocenters. The van der Waals surface area contributed by atoms with Crippen LogP contribution in [-0.4, -0.2) is 16.9 Å². The monoisotopic (exact) mass is 257 g/mol. The largest absolute Gasteiger partial charge is 0.366 e. The molecule has 2 aliphatic rings. The molecule has 18 heavy (non-hydrogen) atoms. The number of allylic oxidation sites excluding steroid dienone is 2. The van der Waals surface area contributed by atoms with Gasteiger partial charge in [0.15, 0.2) is 11.6 Å². The topological polar surface area (TPSA) is 46.2 Å². The van der Waals surface area contributed by atoms with Gasteiger partial charge in [-0.25, -0.2) is 0 Å². The van der Waals surface area contributed by atoms with Crippen LogP contribution in [0.15, 0.2) is 53.1 Å². The molecule has 4 heteroatoms. The molecule has 0 bridgehead atoms. The van der Waals surface area contributed by atoms with Gasteiger partial charge in [0.25, 0.3) is 0 Å². The molecule has 90 valence electrons. The maximum absolute atomic E-state index is 12.2. The number of thioether (sulfide) groups is 1. The van der Waals surface area contributed by atoms with Crippen LogP contribution in [0.2, 0.25) is 0 Å². The second-order valence-electron chi connectivity index (χ2n) is 4.17. The lowest BCUT2D eigenvalue weighted by molar-refractivity contribution is -0.113. The van der Waals surface area contributed by atoms with E-state index < -0.39 is 0 Å². The Morgan fingerprint density at radius 2 is 2.06 bits per heavy atom. The highest BCUT2D eigenvalue weighted by atomic mass is 32.2. The zero-order chi connectivity index (χ0) is 12.5. The number of Topliss-reactive ketones (excluding diaryl/α,β-unsaturated/α-hetero) is 1. The summed E-state index contributed by atoms with van der Waals surface area (Å²) in [5.74, 6) is 0.139. The average Bonchev–Trinajstić information content (AvgIpc) is 2.81. The van der Waals surface area contributed by atoms with Crippen molar-refractivity contribution in [3.63, 3.8) is 0 Å². The van der Waals surface area contributed by atoms with Crippen molar-refractivity contribution >= 4 is 23.3 Å². The number of benzene rings is 1. The number of fused-ring (bicyclic) bond motifs is 1. The van der Waals surface area contributed by atoms with Crippen LogP contribution in [0.25, 0.3) is 0 Å². The maximum atomic E-state index is 12.2. The molecule has 0 radical (unpaired) electrons. The molecule has 1 heterocycles. The molecule has 0 saturated carbocycles.